The SMILES string of the molecule is O=C1C=C2CCN(Cc3ccccc3)CC(c3ccccc3)C2=CC1=O. The minimum absolute atomic E-state index is 0.103. The summed E-state index contributed by atoms with van der Waals surface area (Å²) in [7, 11) is 0. The van der Waals surface area contributed by atoms with Gasteiger partial charge in [-0.25, -0.2) is 0 Å². The van der Waals surface area contributed by atoms with E-state index >= 15 is 0 Å². The van der Waals surface area contributed by atoms with Crippen molar-refractivity contribution >= 4 is 11.6 Å². The van der Waals surface area contributed by atoms with Crippen LogP contribution < -0.4 is 0 Å². The second-order valence-corrected chi connectivity index (χ2v) is 6.93. The summed E-state index contributed by atoms with van der Waals surface area (Å²) < 4.78 is 0. The molecule has 0 bridgehead atoms. The molecule has 1 unspecified atom stereocenters. The summed E-state index contributed by atoms with van der Waals surface area (Å²) >= 11 is 0. The van der Waals surface area contributed by atoms with Crippen molar-refractivity contribution in [3.05, 3.63) is 95.1 Å². The van der Waals surface area contributed by atoms with Gasteiger partial charge in [-0.1, -0.05) is 60.7 Å². The highest BCUT2D eigenvalue weighted by Gasteiger charge is 2.31. The third kappa shape index (κ3) is 3.44. The van der Waals surface area contributed by atoms with Crippen LogP contribution in [0.3, 0.4) is 0 Å². The summed E-state index contributed by atoms with van der Waals surface area (Å²) in [5.74, 6) is -0.695. The third-order valence-corrected chi connectivity index (χ3v) is 5.17. The van der Waals surface area contributed by atoms with Crippen LogP contribution in [0.15, 0.2) is 84.0 Å². The molecule has 0 radical (unpaired) electrons. The Bertz CT molecular complexity index is 881. The summed E-state index contributed by atoms with van der Waals surface area (Å²) in [5, 5.41) is 0. The van der Waals surface area contributed by atoms with Crippen LogP contribution in [0.5, 0.6) is 0 Å². The van der Waals surface area contributed by atoms with E-state index in [0.717, 1.165) is 37.2 Å². The van der Waals surface area contributed by atoms with E-state index in [4.69, 9.17) is 0 Å². The molecule has 26 heavy (non-hydrogen) atoms. The van der Waals surface area contributed by atoms with Gasteiger partial charge >= 0.3 is 0 Å². The molecule has 1 aliphatic heterocycles. The minimum Gasteiger partial charge on any atom is -0.298 e. The van der Waals surface area contributed by atoms with Crippen molar-refractivity contribution in [3.8, 4) is 0 Å². The van der Waals surface area contributed by atoms with Gasteiger partial charge in [0.25, 0.3) is 0 Å². The second-order valence-electron chi connectivity index (χ2n) is 6.93. The molecule has 0 N–H and O–H groups in total. The highest BCUT2D eigenvalue weighted by molar-refractivity contribution is 6.46. The van der Waals surface area contributed by atoms with Gasteiger partial charge in [-0.2, -0.15) is 0 Å². The molecule has 3 heteroatoms. The summed E-state index contributed by atoms with van der Waals surface area (Å²) in [5.41, 5.74) is 4.49. The number of benzene rings is 2. The summed E-state index contributed by atoms with van der Waals surface area (Å²) in [6, 6.07) is 20.7. The van der Waals surface area contributed by atoms with Gasteiger partial charge in [0.15, 0.2) is 0 Å². The Morgan fingerprint density at radius 3 is 2.23 bits per heavy atom. The number of likely N-dealkylation sites (tertiary alicyclic amines) is 1. The normalized spacial score (nSPS) is 20.8. The summed E-state index contributed by atoms with van der Waals surface area (Å²) in [6.45, 7) is 2.58. The van der Waals surface area contributed by atoms with Crippen LogP contribution in [0, 0.1) is 0 Å². The van der Waals surface area contributed by atoms with Gasteiger partial charge in [0.1, 0.15) is 0 Å². The van der Waals surface area contributed by atoms with Gasteiger partial charge in [0.05, 0.1) is 0 Å². The molecule has 1 heterocycles. The number of hydrogen-bond acceptors (Lipinski definition) is 3. The fourth-order valence-electron chi connectivity index (χ4n) is 3.84. The fraction of sp³-hybridized carbons (Fsp3) is 0.217. The average Bonchev–Trinajstić information content (AvgIpc) is 2.84. The van der Waals surface area contributed by atoms with Gasteiger partial charge < -0.3 is 0 Å². The Morgan fingerprint density at radius 1 is 0.846 bits per heavy atom. The quantitative estimate of drug-likeness (QED) is 0.630. The van der Waals surface area contributed by atoms with Crippen molar-refractivity contribution in [2.75, 3.05) is 13.1 Å². The van der Waals surface area contributed by atoms with Crippen LogP contribution in [0.4, 0.5) is 0 Å². The van der Waals surface area contributed by atoms with E-state index in [1.807, 2.05) is 24.3 Å². The molecule has 0 spiro atoms. The highest BCUT2D eigenvalue weighted by Crippen LogP contribution is 2.36. The first-order chi connectivity index (χ1) is 12.7. The molecule has 1 aliphatic carbocycles. The lowest BCUT2D eigenvalue weighted by Gasteiger charge is -2.26. The number of nitrogens with zero attached hydrogens (tertiary/aromatic N) is 1. The fourth-order valence-corrected chi connectivity index (χ4v) is 3.84. The van der Waals surface area contributed by atoms with E-state index in [9.17, 15) is 9.59 Å². The first kappa shape index (κ1) is 16.7. The molecule has 4 rings (SSSR count). The number of fused-ring (bicyclic) bond motifs is 1. The van der Waals surface area contributed by atoms with Crippen molar-refractivity contribution in [2.45, 2.75) is 18.9 Å². The van der Waals surface area contributed by atoms with E-state index in [1.54, 1.807) is 12.2 Å². The monoisotopic (exact) mass is 343 g/mol. The van der Waals surface area contributed by atoms with E-state index in [1.165, 1.54) is 11.1 Å². The molecule has 2 aliphatic rings. The first-order valence-electron chi connectivity index (χ1n) is 9.03. The van der Waals surface area contributed by atoms with Crippen LogP contribution in [0.25, 0.3) is 0 Å². The van der Waals surface area contributed by atoms with E-state index < -0.39 is 11.6 Å². The molecule has 0 aromatic heterocycles. The standard InChI is InChI=1S/C23H21NO2/c25-22-13-19-11-12-24(15-17-7-3-1-4-8-17)16-21(20(19)14-23(22)26)18-9-5-2-6-10-18/h1-10,13-14,21H,11-12,15-16H2. The summed E-state index contributed by atoms with van der Waals surface area (Å²) in [4.78, 5) is 26.3. The molecule has 0 saturated carbocycles. The maximum Gasteiger partial charge on any atom is 0.226 e. The molecule has 1 saturated heterocycles. The Hall–Kier alpha value is -2.78. The van der Waals surface area contributed by atoms with Gasteiger partial charge in [0, 0.05) is 25.6 Å². The predicted molar refractivity (Wildman–Crippen MR) is 102 cm³/mol. The van der Waals surface area contributed by atoms with Crippen LogP contribution in [0.1, 0.15) is 23.5 Å². The number of carbonyl (C=O) groups excluding carboxylic acids is 2. The number of carbonyl (C=O) groups is 2. The second kappa shape index (κ2) is 7.22. The van der Waals surface area contributed by atoms with Crippen molar-refractivity contribution in [3.63, 3.8) is 0 Å². The lowest BCUT2D eigenvalue weighted by atomic mass is 9.82. The van der Waals surface area contributed by atoms with E-state index in [2.05, 4.69) is 41.3 Å². The lowest BCUT2D eigenvalue weighted by Crippen LogP contribution is -2.28. The molecule has 1 fully saturated rings. The van der Waals surface area contributed by atoms with Crippen LogP contribution in [-0.2, 0) is 16.1 Å². The lowest BCUT2D eigenvalue weighted by molar-refractivity contribution is -0.131. The van der Waals surface area contributed by atoms with Crippen molar-refractivity contribution in [1.29, 1.82) is 0 Å². The maximum absolute atomic E-state index is 12.0. The Balaban J connectivity index is 1.69. The zero-order chi connectivity index (χ0) is 17.9. The predicted octanol–water partition coefficient (Wildman–Crippen LogP) is 3.68. The topological polar surface area (TPSA) is 37.4 Å². The number of rotatable bonds is 3. The number of allylic oxidation sites excluding steroid dienone is 2. The molecule has 3 nitrogen and oxygen atoms in total. The Kier molecular flexibility index (Phi) is 4.63. The van der Waals surface area contributed by atoms with Crippen LogP contribution in [0.2, 0.25) is 0 Å². The molecule has 2 aromatic rings. The van der Waals surface area contributed by atoms with Gasteiger partial charge in [0.2, 0.25) is 11.6 Å². The molecule has 1 atom stereocenters. The third-order valence-electron chi connectivity index (χ3n) is 5.17. The zero-order valence-corrected chi connectivity index (χ0v) is 14.6. The van der Waals surface area contributed by atoms with Crippen molar-refractivity contribution < 1.29 is 9.59 Å². The Morgan fingerprint density at radius 2 is 1.50 bits per heavy atom. The van der Waals surface area contributed by atoms with Gasteiger partial charge in [-0.15, -0.1) is 0 Å². The van der Waals surface area contributed by atoms with Crippen LogP contribution >= 0.6 is 0 Å². The smallest absolute Gasteiger partial charge is 0.226 e. The molecule has 130 valence electrons. The van der Waals surface area contributed by atoms with Crippen molar-refractivity contribution in [1.82, 2.24) is 4.90 Å². The molecule has 0 amide bonds. The number of hydrogen-bond donors (Lipinski definition) is 0. The van der Waals surface area contributed by atoms with E-state index in [-0.39, 0.29) is 5.92 Å². The molecular weight excluding hydrogens is 322 g/mol. The van der Waals surface area contributed by atoms with Crippen LogP contribution in [-0.4, -0.2) is 29.6 Å². The minimum atomic E-state index is -0.402. The van der Waals surface area contributed by atoms with Gasteiger partial charge in [-0.3, -0.25) is 14.5 Å². The molecular formula is C23H21NO2. The largest absolute Gasteiger partial charge is 0.298 e. The highest BCUT2D eigenvalue weighted by atomic mass is 16.2. The molecule has 2 aromatic carbocycles. The maximum atomic E-state index is 12.0. The average molecular weight is 343 g/mol. The summed E-state index contributed by atoms with van der Waals surface area (Å²) in [6.07, 6.45) is 3.92. The van der Waals surface area contributed by atoms with E-state index in [0.29, 0.717) is 0 Å². The Labute approximate surface area is 153 Å². The van der Waals surface area contributed by atoms with Crippen molar-refractivity contribution in [2.24, 2.45) is 0 Å². The number of ketones is 2. The first-order valence-corrected chi connectivity index (χ1v) is 9.03. The van der Waals surface area contributed by atoms with Gasteiger partial charge in [-0.05, 0) is 40.8 Å². The zero-order valence-electron chi connectivity index (χ0n) is 14.6.